The molecule has 0 saturated heterocycles. The van der Waals surface area contributed by atoms with Crippen LogP contribution in [0.4, 0.5) is 0 Å². The number of hydrogen-bond acceptors (Lipinski definition) is 4. The Balaban J connectivity index is 2.35. The van der Waals surface area contributed by atoms with Gasteiger partial charge in [0.2, 0.25) is 0 Å². The van der Waals surface area contributed by atoms with Crippen LogP contribution in [0, 0.1) is 13.8 Å². The van der Waals surface area contributed by atoms with Gasteiger partial charge in [-0.25, -0.2) is 0 Å². The van der Waals surface area contributed by atoms with Gasteiger partial charge in [0.05, 0.1) is 12.6 Å². The maximum Gasteiger partial charge on any atom is 0.192 e. The normalized spacial score (nSPS) is 18.9. The van der Waals surface area contributed by atoms with Gasteiger partial charge < -0.3 is 15.7 Å². The lowest BCUT2D eigenvalue weighted by Crippen LogP contribution is -2.36. The second kappa shape index (κ2) is 4.72. The lowest BCUT2D eigenvalue weighted by molar-refractivity contribution is 0.379. The van der Waals surface area contributed by atoms with Crippen molar-refractivity contribution in [2.45, 2.75) is 19.9 Å². The lowest BCUT2D eigenvalue weighted by Gasteiger charge is -2.26. The van der Waals surface area contributed by atoms with E-state index in [1.807, 2.05) is 37.0 Å². The molecule has 0 amide bonds. The van der Waals surface area contributed by atoms with Crippen LogP contribution in [-0.2, 0) is 0 Å². The van der Waals surface area contributed by atoms with Crippen LogP contribution in [0.2, 0.25) is 0 Å². The van der Waals surface area contributed by atoms with E-state index in [1.165, 1.54) is 0 Å². The number of rotatable bonds is 3. The summed E-state index contributed by atoms with van der Waals surface area (Å²) in [5, 5.41) is 9.81. The number of aliphatic imine (C=N–C) groups is 1. The average molecular weight is 245 g/mol. The fraction of sp³-hybridized carbons (Fsp3) is 0.357. The molecule has 1 aliphatic rings. The lowest BCUT2D eigenvalue weighted by atomic mass is 10.00. The molecule has 4 heteroatoms. The molecule has 3 N–H and O–H groups in total. The largest absolute Gasteiger partial charge is 0.507 e. The Kier molecular flexibility index (Phi) is 3.28. The number of aryl methyl sites for hydroxylation is 2. The minimum atomic E-state index is 0.140. The van der Waals surface area contributed by atoms with Crippen molar-refractivity contribution in [3.8, 4) is 5.75 Å². The van der Waals surface area contributed by atoms with Crippen molar-refractivity contribution in [3.63, 3.8) is 0 Å². The Morgan fingerprint density at radius 1 is 1.50 bits per heavy atom. The maximum atomic E-state index is 9.81. The molecule has 0 radical (unpaired) electrons. The summed E-state index contributed by atoms with van der Waals surface area (Å²) >= 11 is 0. The minimum Gasteiger partial charge on any atom is -0.507 e. The minimum absolute atomic E-state index is 0.140. The zero-order valence-electron chi connectivity index (χ0n) is 10.8. The summed E-state index contributed by atoms with van der Waals surface area (Å²) in [5.74, 6) is 0.921. The smallest absolute Gasteiger partial charge is 0.192 e. The Labute approximate surface area is 107 Å². The average Bonchev–Trinajstić information content (AvgIpc) is 2.68. The number of phenolic OH excluding ortho intramolecular Hbond substituents is 1. The summed E-state index contributed by atoms with van der Waals surface area (Å²) in [6.45, 7) is 8.89. The molecule has 1 aliphatic heterocycles. The first-order valence-electron chi connectivity index (χ1n) is 6.02. The van der Waals surface area contributed by atoms with Gasteiger partial charge in [-0.15, -0.1) is 6.58 Å². The second-order valence-corrected chi connectivity index (χ2v) is 4.66. The number of guanidine groups is 1. The molecular weight excluding hydrogens is 226 g/mol. The predicted octanol–water partition coefficient (Wildman–Crippen LogP) is 1.87. The Hall–Kier alpha value is -1.97. The summed E-state index contributed by atoms with van der Waals surface area (Å²) in [7, 11) is 0. The third kappa shape index (κ3) is 2.06. The zero-order chi connectivity index (χ0) is 13.3. The monoisotopic (exact) mass is 245 g/mol. The summed E-state index contributed by atoms with van der Waals surface area (Å²) in [5.41, 5.74) is 8.78. The van der Waals surface area contributed by atoms with Crippen molar-refractivity contribution >= 4 is 5.96 Å². The summed E-state index contributed by atoms with van der Waals surface area (Å²) in [4.78, 5) is 6.31. The molecule has 0 saturated carbocycles. The molecule has 1 atom stereocenters. The third-order valence-electron chi connectivity index (χ3n) is 3.32. The molecule has 18 heavy (non-hydrogen) atoms. The van der Waals surface area contributed by atoms with E-state index in [9.17, 15) is 5.11 Å². The van der Waals surface area contributed by atoms with Crippen LogP contribution in [0.5, 0.6) is 5.75 Å². The SMILES string of the molecule is C=CCN1C(N)=NCC1c1cc(C)c(O)c(C)c1. The van der Waals surface area contributed by atoms with Crippen LogP contribution in [0.3, 0.4) is 0 Å². The molecule has 0 aromatic heterocycles. The van der Waals surface area contributed by atoms with Gasteiger partial charge in [-0.05, 0) is 30.5 Å². The second-order valence-electron chi connectivity index (χ2n) is 4.66. The van der Waals surface area contributed by atoms with Gasteiger partial charge in [0.1, 0.15) is 5.75 Å². The first-order chi connectivity index (χ1) is 8.54. The van der Waals surface area contributed by atoms with Gasteiger partial charge in [-0.2, -0.15) is 0 Å². The Bertz CT molecular complexity index is 485. The fourth-order valence-electron chi connectivity index (χ4n) is 2.36. The van der Waals surface area contributed by atoms with Crippen LogP contribution in [-0.4, -0.2) is 29.1 Å². The van der Waals surface area contributed by atoms with Crippen molar-refractivity contribution in [1.29, 1.82) is 0 Å². The van der Waals surface area contributed by atoms with Crippen LogP contribution in [0.25, 0.3) is 0 Å². The summed E-state index contributed by atoms with van der Waals surface area (Å²) in [6, 6.07) is 4.13. The standard InChI is InChI=1S/C14H19N3O/c1-4-5-17-12(8-16-14(17)15)11-6-9(2)13(18)10(3)7-11/h4,6-7,12,18H,1,5,8H2,2-3H3,(H2,15,16). The molecule has 0 bridgehead atoms. The molecule has 0 aliphatic carbocycles. The number of nitrogens with zero attached hydrogens (tertiary/aromatic N) is 2. The van der Waals surface area contributed by atoms with Gasteiger partial charge in [0.15, 0.2) is 5.96 Å². The molecule has 0 spiro atoms. The number of nitrogens with two attached hydrogens (primary N) is 1. The van der Waals surface area contributed by atoms with E-state index in [0.29, 0.717) is 24.8 Å². The number of hydrogen-bond donors (Lipinski definition) is 2. The van der Waals surface area contributed by atoms with Crippen molar-refractivity contribution in [3.05, 3.63) is 41.5 Å². The molecule has 96 valence electrons. The highest BCUT2D eigenvalue weighted by Crippen LogP contribution is 2.31. The van der Waals surface area contributed by atoms with Crippen molar-refractivity contribution in [2.24, 2.45) is 10.7 Å². The van der Waals surface area contributed by atoms with Crippen LogP contribution in [0.15, 0.2) is 29.8 Å². The zero-order valence-corrected chi connectivity index (χ0v) is 10.8. The third-order valence-corrected chi connectivity index (χ3v) is 3.32. The molecule has 1 unspecified atom stereocenters. The number of phenols is 1. The van der Waals surface area contributed by atoms with E-state index in [2.05, 4.69) is 11.6 Å². The van der Waals surface area contributed by atoms with Gasteiger partial charge >= 0.3 is 0 Å². The van der Waals surface area contributed by atoms with E-state index in [1.54, 1.807) is 0 Å². The maximum absolute atomic E-state index is 9.81. The highest BCUT2D eigenvalue weighted by atomic mass is 16.3. The molecule has 4 nitrogen and oxygen atoms in total. The Morgan fingerprint density at radius 2 is 2.11 bits per heavy atom. The quantitative estimate of drug-likeness (QED) is 0.799. The predicted molar refractivity (Wildman–Crippen MR) is 73.7 cm³/mol. The topological polar surface area (TPSA) is 61.8 Å². The molecule has 0 fully saturated rings. The molecule has 1 aromatic carbocycles. The van der Waals surface area contributed by atoms with E-state index in [4.69, 9.17) is 5.73 Å². The van der Waals surface area contributed by atoms with Crippen LogP contribution < -0.4 is 5.73 Å². The van der Waals surface area contributed by atoms with Crippen molar-refractivity contribution < 1.29 is 5.11 Å². The van der Waals surface area contributed by atoms with E-state index in [0.717, 1.165) is 16.7 Å². The molecule has 1 heterocycles. The Morgan fingerprint density at radius 3 is 2.67 bits per heavy atom. The van der Waals surface area contributed by atoms with Gasteiger partial charge in [-0.3, -0.25) is 4.99 Å². The number of aromatic hydroxyl groups is 1. The van der Waals surface area contributed by atoms with Crippen molar-refractivity contribution in [2.75, 3.05) is 13.1 Å². The molecule has 2 rings (SSSR count). The van der Waals surface area contributed by atoms with E-state index in [-0.39, 0.29) is 6.04 Å². The molecular formula is C14H19N3O. The highest BCUT2D eigenvalue weighted by Gasteiger charge is 2.27. The van der Waals surface area contributed by atoms with Gasteiger partial charge in [0.25, 0.3) is 0 Å². The number of benzene rings is 1. The van der Waals surface area contributed by atoms with E-state index < -0.39 is 0 Å². The van der Waals surface area contributed by atoms with Crippen molar-refractivity contribution in [1.82, 2.24) is 4.90 Å². The molecule has 1 aromatic rings. The van der Waals surface area contributed by atoms with Gasteiger partial charge in [0, 0.05) is 6.54 Å². The van der Waals surface area contributed by atoms with Crippen LogP contribution >= 0.6 is 0 Å². The van der Waals surface area contributed by atoms with Crippen LogP contribution in [0.1, 0.15) is 22.7 Å². The summed E-state index contributed by atoms with van der Waals surface area (Å²) < 4.78 is 0. The summed E-state index contributed by atoms with van der Waals surface area (Å²) in [6.07, 6.45) is 1.82. The van der Waals surface area contributed by atoms with E-state index >= 15 is 0 Å². The fourth-order valence-corrected chi connectivity index (χ4v) is 2.36. The first kappa shape index (κ1) is 12.5. The highest BCUT2D eigenvalue weighted by molar-refractivity contribution is 5.80. The van der Waals surface area contributed by atoms with Gasteiger partial charge in [-0.1, -0.05) is 18.2 Å². The first-order valence-corrected chi connectivity index (χ1v) is 6.02.